The van der Waals surface area contributed by atoms with Gasteiger partial charge in [0, 0.05) is 93.8 Å². The largest absolute Gasteiger partial charge is 0.412 e. The van der Waals surface area contributed by atoms with Gasteiger partial charge >= 0.3 is 0 Å². The molecule has 0 fully saturated rings. The average molecular weight is 400 g/mol. The molecule has 0 aliphatic heterocycles. The molecule has 3 nitrogen and oxygen atoms in total. The van der Waals surface area contributed by atoms with Crippen LogP contribution in [0.25, 0.3) is 0 Å². The van der Waals surface area contributed by atoms with E-state index in [9.17, 15) is 0 Å². The Balaban J connectivity index is 0. The Hall–Kier alpha value is 2.92. The second-order valence-electron chi connectivity index (χ2n) is 0. The molecule has 5 heteroatoms. The van der Waals surface area contributed by atoms with Crippen molar-refractivity contribution >= 4 is 0 Å². The quantitative estimate of drug-likeness (QED) is 0.431. The fourth-order valence-corrected chi connectivity index (χ4v) is 0. The Morgan fingerprint density at radius 1 is 0.400 bits per heavy atom. The smallest absolute Gasteiger partial charge is 0 e. The van der Waals surface area contributed by atoms with E-state index in [1.165, 1.54) is 0 Å². The molecule has 0 aromatic heterocycles. The van der Waals surface area contributed by atoms with Crippen molar-refractivity contribution in [1.82, 2.24) is 0 Å². The first-order valence-electron chi connectivity index (χ1n) is 0. The molecule has 0 aliphatic rings. The van der Waals surface area contributed by atoms with Gasteiger partial charge in [0.25, 0.3) is 0 Å². The maximum absolute atomic E-state index is 0. The van der Waals surface area contributed by atoms with E-state index in [2.05, 4.69) is 0 Å². The second kappa shape index (κ2) is 28.4. The van der Waals surface area contributed by atoms with Crippen LogP contribution in [0.4, 0.5) is 0 Å². The molecule has 0 bridgehead atoms. The summed E-state index contributed by atoms with van der Waals surface area (Å²) in [5, 5.41) is 0. The van der Waals surface area contributed by atoms with Gasteiger partial charge in [-0.1, -0.05) is 0 Å². The zero-order valence-electron chi connectivity index (χ0n) is 2.03. The minimum atomic E-state index is 0. The van der Waals surface area contributed by atoms with Crippen LogP contribution >= 0.6 is 0 Å². The van der Waals surface area contributed by atoms with Crippen molar-refractivity contribution in [3.8, 4) is 0 Å². The van der Waals surface area contributed by atoms with Crippen LogP contribution in [0.1, 0.15) is 0 Å². The fourth-order valence-electron chi connectivity index (χ4n) is 0. The summed E-state index contributed by atoms with van der Waals surface area (Å²) in [5.74, 6) is 0. The van der Waals surface area contributed by atoms with Gasteiger partial charge in [-0.05, 0) is 0 Å². The molecule has 0 aromatic carbocycles. The van der Waals surface area contributed by atoms with E-state index in [0.29, 0.717) is 0 Å². The van der Waals surface area contributed by atoms with Crippen molar-refractivity contribution < 1.29 is 110 Å². The van der Waals surface area contributed by atoms with Crippen LogP contribution in [0.5, 0.6) is 0 Å². The minimum absolute atomic E-state index is 0. The maximum atomic E-state index is 0. The number of hydrogen-bond donors (Lipinski definition) is 0. The first-order chi connectivity index (χ1) is 0. The van der Waals surface area contributed by atoms with Gasteiger partial charge < -0.3 is 16.4 Å². The Morgan fingerprint density at radius 3 is 0.400 bits per heavy atom. The molecular weight excluding hydrogens is 394 g/mol. The van der Waals surface area contributed by atoms with Crippen LogP contribution in [-0.2, 0) is 0 Å². The third-order valence-corrected chi connectivity index (χ3v) is 0. The third kappa shape index (κ3) is 19.6. The standard InChI is InChI=1S/3H2O.2Yb/h3*1H2;;. The minimum Gasteiger partial charge on any atom is -0.412 e. The molecule has 0 spiro atoms. The van der Waals surface area contributed by atoms with Crippen LogP contribution in [-0.4, -0.2) is 16.4 Å². The van der Waals surface area contributed by atoms with Crippen LogP contribution in [0.15, 0.2) is 0 Å². The molecule has 5 heavy (non-hydrogen) atoms. The molecule has 0 unspecified atom stereocenters. The van der Waals surface area contributed by atoms with Gasteiger partial charge in [-0.2, -0.15) is 0 Å². The van der Waals surface area contributed by atoms with Crippen LogP contribution < -0.4 is 0 Å². The molecule has 0 aromatic rings. The third-order valence-electron chi connectivity index (χ3n) is 0. The van der Waals surface area contributed by atoms with Gasteiger partial charge in [0.15, 0.2) is 0 Å². The normalized spacial score (nSPS) is 0. The molecule has 0 atom stereocenters. The predicted molar refractivity (Wildman–Crippen MR) is 10.8 cm³/mol. The van der Waals surface area contributed by atoms with Gasteiger partial charge in [-0.3, -0.25) is 0 Å². The molecule has 0 radical (unpaired) electrons. The van der Waals surface area contributed by atoms with Gasteiger partial charge in [-0.25, -0.2) is 0 Å². The van der Waals surface area contributed by atoms with Gasteiger partial charge in [-0.15, -0.1) is 0 Å². The molecular formula is H6O3Yb2. The van der Waals surface area contributed by atoms with Gasteiger partial charge in [0.1, 0.15) is 0 Å². The number of rotatable bonds is 0. The van der Waals surface area contributed by atoms with Gasteiger partial charge in [0.05, 0.1) is 0 Å². The van der Waals surface area contributed by atoms with E-state index >= 15 is 0 Å². The van der Waals surface area contributed by atoms with E-state index in [0.717, 1.165) is 0 Å². The number of hydrogen-bond acceptors (Lipinski definition) is 0. The van der Waals surface area contributed by atoms with Crippen molar-refractivity contribution in [2.24, 2.45) is 0 Å². The summed E-state index contributed by atoms with van der Waals surface area (Å²) in [6, 6.07) is 0. The van der Waals surface area contributed by atoms with Crippen LogP contribution in [0.2, 0.25) is 0 Å². The molecule has 0 heterocycles. The zero-order chi connectivity index (χ0) is 0. The van der Waals surface area contributed by atoms with Gasteiger partial charge in [0.2, 0.25) is 0 Å². The molecule has 0 amide bonds. The van der Waals surface area contributed by atoms with E-state index in [4.69, 9.17) is 0 Å². The van der Waals surface area contributed by atoms with Crippen molar-refractivity contribution in [2.45, 2.75) is 0 Å². The summed E-state index contributed by atoms with van der Waals surface area (Å²) < 4.78 is 0. The maximum Gasteiger partial charge on any atom is 0 e. The van der Waals surface area contributed by atoms with Crippen LogP contribution in [0, 0.1) is 93.8 Å². The fraction of sp³-hybridized carbons (Fsp3) is 0. The molecule has 6 N–H and O–H groups in total. The average Bonchev–Trinajstić information content (AvgIpc) is 0. The molecule has 0 aliphatic carbocycles. The Kier molecular flexibility index (Phi) is 253. The summed E-state index contributed by atoms with van der Waals surface area (Å²) in [6.45, 7) is 0. The van der Waals surface area contributed by atoms with E-state index in [1.54, 1.807) is 0 Å². The summed E-state index contributed by atoms with van der Waals surface area (Å²) in [7, 11) is 0. The monoisotopic (exact) mass is 402 g/mol. The van der Waals surface area contributed by atoms with E-state index < -0.39 is 0 Å². The molecule has 0 rings (SSSR count). The molecule has 0 saturated heterocycles. The Morgan fingerprint density at radius 2 is 0.400 bits per heavy atom. The van der Waals surface area contributed by atoms with Crippen molar-refractivity contribution in [1.29, 1.82) is 0 Å². The van der Waals surface area contributed by atoms with Crippen molar-refractivity contribution in [3.63, 3.8) is 0 Å². The topological polar surface area (TPSA) is 94.5 Å². The van der Waals surface area contributed by atoms with Crippen molar-refractivity contribution in [3.05, 3.63) is 0 Å². The van der Waals surface area contributed by atoms with E-state index in [-0.39, 0.29) is 110 Å². The summed E-state index contributed by atoms with van der Waals surface area (Å²) in [4.78, 5) is 0. The molecule has 0 saturated carbocycles. The first-order valence-corrected chi connectivity index (χ1v) is 0. The first kappa shape index (κ1) is 44.5. The second-order valence-corrected chi connectivity index (χ2v) is 0. The van der Waals surface area contributed by atoms with E-state index in [1.807, 2.05) is 0 Å². The Bertz CT molecular complexity index is 4.85. The predicted octanol–water partition coefficient (Wildman–Crippen LogP) is -2.47. The summed E-state index contributed by atoms with van der Waals surface area (Å²) >= 11 is 0. The molecule has 52 valence electrons. The van der Waals surface area contributed by atoms with Crippen LogP contribution in [0.3, 0.4) is 0 Å². The summed E-state index contributed by atoms with van der Waals surface area (Å²) in [6.07, 6.45) is 0. The Labute approximate surface area is 107 Å². The zero-order valence-corrected chi connectivity index (χ0v) is 5.46. The van der Waals surface area contributed by atoms with Crippen molar-refractivity contribution in [2.75, 3.05) is 0 Å². The SMILES string of the molecule is O.O.O.[Yb].[Yb]. The summed E-state index contributed by atoms with van der Waals surface area (Å²) in [5.41, 5.74) is 0.